The normalized spacial score (nSPS) is 19.1. The van der Waals surface area contributed by atoms with Gasteiger partial charge in [0.15, 0.2) is 6.19 Å². The molecule has 1 aliphatic heterocycles. The number of nitrogens with zero attached hydrogens (tertiary/aromatic N) is 2. The van der Waals surface area contributed by atoms with Crippen LogP contribution in [0.25, 0.3) is 0 Å². The first-order valence-corrected chi connectivity index (χ1v) is 3.24. The minimum atomic E-state index is 0.0396. The molecule has 0 saturated carbocycles. The van der Waals surface area contributed by atoms with Gasteiger partial charge in [-0.2, -0.15) is 5.26 Å². The van der Waals surface area contributed by atoms with Crippen molar-refractivity contribution < 1.29 is 4.79 Å². The second kappa shape index (κ2) is 3.06. The van der Waals surface area contributed by atoms with Gasteiger partial charge in [0.25, 0.3) is 0 Å². The molecule has 0 spiro atoms. The number of nitrogens with one attached hydrogen (secondary N) is 1. The molecule has 0 aromatic heterocycles. The van der Waals surface area contributed by atoms with Crippen molar-refractivity contribution in [1.29, 1.82) is 5.26 Å². The van der Waals surface area contributed by atoms with Gasteiger partial charge >= 0.3 is 0 Å². The summed E-state index contributed by atoms with van der Waals surface area (Å²) >= 11 is 0. The molecule has 1 aliphatic rings. The minimum absolute atomic E-state index is 0.0396. The molecular formula is C6H9N3O. The molecule has 0 aromatic carbocycles. The summed E-state index contributed by atoms with van der Waals surface area (Å²) in [7, 11) is 0. The van der Waals surface area contributed by atoms with E-state index in [1.807, 2.05) is 6.19 Å². The molecule has 1 rings (SSSR count). The molecule has 1 amide bonds. The molecule has 4 nitrogen and oxygen atoms in total. The van der Waals surface area contributed by atoms with E-state index in [0.29, 0.717) is 26.1 Å². The van der Waals surface area contributed by atoms with Crippen molar-refractivity contribution in [3.63, 3.8) is 0 Å². The van der Waals surface area contributed by atoms with Crippen LogP contribution in [-0.2, 0) is 4.79 Å². The summed E-state index contributed by atoms with van der Waals surface area (Å²) in [6.45, 7) is 1.79. The van der Waals surface area contributed by atoms with Crippen LogP contribution >= 0.6 is 0 Å². The van der Waals surface area contributed by atoms with Crippen molar-refractivity contribution in [3.8, 4) is 6.19 Å². The third-order valence-corrected chi connectivity index (χ3v) is 1.45. The number of hydrogen-bond acceptors (Lipinski definition) is 3. The zero-order valence-electron chi connectivity index (χ0n) is 5.63. The largest absolute Gasteiger partial charge is 0.354 e. The van der Waals surface area contributed by atoms with E-state index in [-0.39, 0.29) is 5.91 Å². The van der Waals surface area contributed by atoms with Crippen molar-refractivity contribution in [1.82, 2.24) is 10.2 Å². The van der Waals surface area contributed by atoms with Gasteiger partial charge in [-0.3, -0.25) is 4.79 Å². The predicted octanol–water partition coefficient (Wildman–Crippen LogP) is -0.711. The Balaban J connectivity index is 2.42. The highest BCUT2D eigenvalue weighted by Crippen LogP contribution is 1.92. The monoisotopic (exact) mass is 139 g/mol. The Hall–Kier alpha value is -1.24. The molecule has 0 aliphatic carbocycles. The zero-order chi connectivity index (χ0) is 7.40. The quantitative estimate of drug-likeness (QED) is 0.451. The van der Waals surface area contributed by atoms with Crippen LogP contribution in [0.5, 0.6) is 0 Å². The molecule has 0 radical (unpaired) electrons. The van der Waals surface area contributed by atoms with Crippen LogP contribution in [0.1, 0.15) is 6.42 Å². The smallest absolute Gasteiger partial charge is 0.221 e. The highest BCUT2D eigenvalue weighted by molar-refractivity contribution is 5.76. The molecule has 0 bridgehead atoms. The number of rotatable bonds is 0. The van der Waals surface area contributed by atoms with Gasteiger partial charge in [-0.05, 0) is 0 Å². The number of amides is 1. The Kier molecular flexibility index (Phi) is 2.11. The maximum Gasteiger partial charge on any atom is 0.221 e. The van der Waals surface area contributed by atoms with Crippen molar-refractivity contribution >= 4 is 5.91 Å². The Morgan fingerprint density at radius 2 is 2.40 bits per heavy atom. The second-order valence-corrected chi connectivity index (χ2v) is 2.19. The molecule has 10 heavy (non-hydrogen) atoms. The number of nitriles is 1. The highest BCUT2D eigenvalue weighted by atomic mass is 16.1. The van der Waals surface area contributed by atoms with Gasteiger partial charge in [-0.15, -0.1) is 0 Å². The lowest BCUT2D eigenvalue weighted by molar-refractivity contribution is -0.120. The van der Waals surface area contributed by atoms with Crippen LogP contribution in [0, 0.1) is 11.5 Å². The fourth-order valence-corrected chi connectivity index (χ4v) is 0.867. The van der Waals surface area contributed by atoms with Crippen LogP contribution in [0.15, 0.2) is 0 Å². The van der Waals surface area contributed by atoms with E-state index in [4.69, 9.17) is 5.26 Å². The summed E-state index contributed by atoms with van der Waals surface area (Å²) in [5, 5.41) is 11.1. The van der Waals surface area contributed by atoms with E-state index < -0.39 is 0 Å². The third-order valence-electron chi connectivity index (χ3n) is 1.45. The summed E-state index contributed by atoms with van der Waals surface area (Å²) in [6.07, 6.45) is 2.44. The first-order chi connectivity index (χ1) is 4.83. The van der Waals surface area contributed by atoms with Crippen molar-refractivity contribution in [2.45, 2.75) is 6.42 Å². The first-order valence-electron chi connectivity index (χ1n) is 3.24. The highest BCUT2D eigenvalue weighted by Gasteiger charge is 2.10. The molecule has 54 valence electrons. The zero-order valence-corrected chi connectivity index (χ0v) is 5.63. The van der Waals surface area contributed by atoms with Gasteiger partial charge in [0.05, 0.1) is 0 Å². The van der Waals surface area contributed by atoms with Gasteiger partial charge in [0.1, 0.15) is 0 Å². The molecular weight excluding hydrogens is 130 g/mol. The maximum atomic E-state index is 10.7. The number of carbonyl (C=O) groups is 1. The Bertz CT molecular complexity index is 172. The number of carbonyl (C=O) groups excluding carboxylic acids is 1. The Morgan fingerprint density at radius 1 is 1.60 bits per heavy atom. The fourth-order valence-electron chi connectivity index (χ4n) is 0.867. The Labute approximate surface area is 59.4 Å². The van der Waals surface area contributed by atoms with Crippen LogP contribution < -0.4 is 5.32 Å². The lowest BCUT2D eigenvalue weighted by Crippen LogP contribution is -2.25. The summed E-state index contributed by atoms with van der Waals surface area (Å²) in [5.74, 6) is 0.0396. The van der Waals surface area contributed by atoms with Crippen molar-refractivity contribution in [3.05, 3.63) is 0 Å². The molecule has 1 fully saturated rings. The lowest BCUT2D eigenvalue weighted by atomic mass is 10.4. The van der Waals surface area contributed by atoms with Crippen LogP contribution in [0.2, 0.25) is 0 Å². The van der Waals surface area contributed by atoms with Crippen molar-refractivity contribution in [2.24, 2.45) is 0 Å². The minimum Gasteiger partial charge on any atom is -0.354 e. The molecule has 0 atom stereocenters. The molecule has 1 heterocycles. The fraction of sp³-hybridized carbons (Fsp3) is 0.667. The predicted molar refractivity (Wildman–Crippen MR) is 34.8 cm³/mol. The van der Waals surface area contributed by atoms with E-state index in [2.05, 4.69) is 5.32 Å². The van der Waals surface area contributed by atoms with E-state index in [0.717, 1.165) is 0 Å². The standard InChI is InChI=1S/C6H9N3O/c7-5-9-3-1-6(10)8-2-4-9/h1-4H2,(H,8,10). The Morgan fingerprint density at radius 3 is 3.10 bits per heavy atom. The molecule has 0 unspecified atom stereocenters. The molecule has 1 saturated heterocycles. The van der Waals surface area contributed by atoms with Gasteiger partial charge in [0, 0.05) is 26.1 Å². The SMILES string of the molecule is N#CN1CCNC(=O)CC1. The topological polar surface area (TPSA) is 56.1 Å². The van der Waals surface area contributed by atoms with E-state index in [9.17, 15) is 4.79 Å². The summed E-state index contributed by atoms with van der Waals surface area (Å²) in [5.41, 5.74) is 0. The van der Waals surface area contributed by atoms with Crippen LogP contribution in [-0.4, -0.2) is 30.4 Å². The summed E-state index contributed by atoms with van der Waals surface area (Å²) in [4.78, 5) is 12.3. The van der Waals surface area contributed by atoms with Gasteiger partial charge in [-0.1, -0.05) is 0 Å². The van der Waals surface area contributed by atoms with Gasteiger partial charge in [0.2, 0.25) is 5.91 Å². The van der Waals surface area contributed by atoms with Crippen LogP contribution in [0.3, 0.4) is 0 Å². The first kappa shape index (κ1) is 6.87. The summed E-state index contributed by atoms with van der Waals surface area (Å²) < 4.78 is 0. The van der Waals surface area contributed by atoms with Crippen LogP contribution in [0.4, 0.5) is 0 Å². The van der Waals surface area contributed by atoms with Gasteiger partial charge < -0.3 is 10.2 Å². The maximum absolute atomic E-state index is 10.7. The summed E-state index contributed by atoms with van der Waals surface area (Å²) in [6, 6.07) is 0. The molecule has 1 N–H and O–H groups in total. The average Bonchev–Trinajstić information content (AvgIpc) is 2.14. The number of hydrogen-bond donors (Lipinski definition) is 1. The lowest BCUT2D eigenvalue weighted by Gasteiger charge is -2.08. The second-order valence-electron chi connectivity index (χ2n) is 2.19. The van der Waals surface area contributed by atoms with E-state index in [1.54, 1.807) is 4.90 Å². The van der Waals surface area contributed by atoms with Gasteiger partial charge in [-0.25, -0.2) is 0 Å². The molecule has 0 aromatic rings. The third kappa shape index (κ3) is 1.62. The average molecular weight is 139 g/mol. The molecule has 4 heteroatoms. The van der Waals surface area contributed by atoms with E-state index in [1.165, 1.54) is 0 Å². The van der Waals surface area contributed by atoms with Crippen molar-refractivity contribution in [2.75, 3.05) is 19.6 Å². The van der Waals surface area contributed by atoms with E-state index >= 15 is 0 Å².